The van der Waals surface area contributed by atoms with Gasteiger partial charge in [-0.2, -0.15) is 0 Å². The SMILES string of the molecule is CN=C(NCCN1CCCCC1)NCC(c1ccccc1Cl)N1CCOCC1.I. The molecule has 2 aliphatic rings. The predicted molar refractivity (Wildman–Crippen MR) is 132 cm³/mol. The van der Waals surface area contributed by atoms with Crippen molar-refractivity contribution >= 4 is 41.5 Å². The summed E-state index contributed by atoms with van der Waals surface area (Å²) in [6.07, 6.45) is 4.02. The zero-order valence-electron chi connectivity index (χ0n) is 17.4. The third-order valence-corrected chi connectivity index (χ3v) is 5.95. The third kappa shape index (κ3) is 7.86. The fourth-order valence-electron chi connectivity index (χ4n) is 4.00. The number of likely N-dealkylation sites (tertiary alicyclic amines) is 1. The highest BCUT2D eigenvalue weighted by atomic mass is 127. The molecule has 2 fully saturated rings. The molecule has 0 saturated carbocycles. The Morgan fingerprint density at radius 1 is 1.10 bits per heavy atom. The number of aliphatic imine (C=N–C) groups is 1. The average Bonchev–Trinajstić information content (AvgIpc) is 2.75. The maximum atomic E-state index is 6.52. The van der Waals surface area contributed by atoms with E-state index < -0.39 is 0 Å². The molecule has 2 heterocycles. The highest BCUT2D eigenvalue weighted by Crippen LogP contribution is 2.27. The van der Waals surface area contributed by atoms with Crippen molar-refractivity contribution in [1.82, 2.24) is 20.4 Å². The number of hydrogen-bond acceptors (Lipinski definition) is 4. The van der Waals surface area contributed by atoms with Gasteiger partial charge in [-0.05, 0) is 37.6 Å². The number of benzene rings is 1. The zero-order valence-corrected chi connectivity index (χ0v) is 20.5. The standard InChI is InChI=1S/C21H34ClN5O.HI/c1-23-21(24-9-12-26-10-5-2-6-11-26)25-17-20(27-13-15-28-16-14-27)18-7-3-4-8-19(18)22;/h3-4,7-8,20H,2,5-6,9-17H2,1H3,(H2,23,24,25);1H. The molecule has 2 saturated heterocycles. The molecule has 2 N–H and O–H groups in total. The average molecular weight is 536 g/mol. The topological polar surface area (TPSA) is 52.1 Å². The Morgan fingerprint density at radius 2 is 1.83 bits per heavy atom. The van der Waals surface area contributed by atoms with Crippen molar-refractivity contribution in [2.75, 3.05) is 66.1 Å². The van der Waals surface area contributed by atoms with Gasteiger partial charge < -0.3 is 20.3 Å². The van der Waals surface area contributed by atoms with E-state index in [4.69, 9.17) is 16.3 Å². The summed E-state index contributed by atoms with van der Waals surface area (Å²) in [5.41, 5.74) is 1.15. The van der Waals surface area contributed by atoms with E-state index in [9.17, 15) is 0 Å². The Balaban J connectivity index is 0.00000300. The summed E-state index contributed by atoms with van der Waals surface area (Å²) in [4.78, 5) is 9.38. The molecule has 1 aromatic rings. The first-order valence-corrected chi connectivity index (χ1v) is 10.9. The Hall–Kier alpha value is -0.610. The summed E-state index contributed by atoms with van der Waals surface area (Å²) in [5.74, 6) is 0.849. The smallest absolute Gasteiger partial charge is 0.191 e. The third-order valence-electron chi connectivity index (χ3n) is 5.61. The van der Waals surface area contributed by atoms with E-state index in [-0.39, 0.29) is 30.0 Å². The van der Waals surface area contributed by atoms with E-state index in [1.54, 1.807) is 0 Å². The monoisotopic (exact) mass is 535 g/mol. The van der Waals surface area contributed by atoms with Gasteiger partial charge in [0.2, 0.25) is 0 Å². The lowest BCUT2D eigenvalue weighted by Gasteiger charge is -2.35. The minimum Gasteiger partial charge on any atom is -0.379 e. The van der Waals surface area contributed by atoms with Crippen molar-refractivity contribution in [2.24, 2.45) is 4.99 Å². The van der Waals surface area contributed by atoms with Crippen LogP contribution in [0.15, 0.2) is 29.3 Å². The molecule has 0 spiro atoms. The number of guanidine groups is 1. The second-order valence-electron chi connectivity index (χ2n) is 7.47. The van der Waals surface area contributed by atoms with Crippen molar-refractivity contribution in [1.29, 1.82) is 0 Å². The van der Waals surface area contributed by atoms with Crippen LogP contribution in [0.5, 0.6) is 0 Å². The Bertz CT molecular complexity index is 621. The number of ether oxygens (including phenoxy) is 1. The van der Waals surface area contributed by atoms with Gasteiger partial charge in [-0.1, -0.05) is 36.2 Å². The van der Waals surface area contributed by atoms with Crippen LogP contribution in [0.25, 0.3) is 0 Å². The van der Waals surface area contributed by atoms with Crippen molar-refractivity contribution in [2.45, 2.75) is 25.3 Å². The van der Waals surface area contributed by atoms with E-state index in [1.165, 1.54) is 32.4 Å². The van der Waals surface area contributed by atoms with Crippen molar-refractivity contribution in [3.8, 4) is 0 Å². The minimum atomic E-state index is 0. The van der Waals surface area contributed by atoms with Crippen molar-refractivity contribution < 1.29 is 4.74 Å². The van der Waals surface area contributed by atoms with Crippen LogP contribution in [0.4, 0.5) is 0 Å². The molecule has 1 unspecified atom stereocenters. The molecule has 0 bridgehead atoms. The Kier molecular flexibility index (Phi) is 11.6. The maximum Gasteiger partial charge on any atom is 0.191 e. The first-order valence-electron chi connectivity index (χ1n) is 10.5. The van der Waals surface area contributed by atoms with Gasteiger partial charge in [-0.3, -0.25) is 9.89 Å². The number of nitrogens with one attached hydrogen (secondary N) is 2. The van der Waals surface area contributed by atoms with Gasteiger partial charge in [-0.25, -0.2) is 0 Å². The molecule has 1 atom stereocenters. The van der Waals surface area contributed by atoms with Crippen molar-refractivity contribution in [3.05, 3.63) is 34.9 Å². The molecule has 0 aliphatic carbocycles. The van der Waals surface area contributed by atoms with Crippen LogP contribution in [-0.2, 0) is 4.74 Å². The van der Waals surface area contributed by atoms with E-state index in [2.05, 4.69) is 37.6 Å². The van der Waals surface area contributed by atoms with E-state index >= 15 is 0 Å². The lowest BCUT2D eigenvalue weighted by Crippen LogP contribution is -2.47. The largest absolute Gasteiger partial charge is 0.379 e. The van der Waals surface area contributed by atoms with Crippen LogP contribution in [0.2, 0.25) is 5.02 Å². The summed E-state index contributed by atoms with van der Waals surface area (Å²) < 4.78 is 5.54. The molecular formula is C21H35ClIN5O. The van der Waals surface area contributed by atoms with Gasteiger partial charge in [0.05, 0.1) is 19.3 Å². The van der Waals surface area contributed by atoms with E-state index in [1.807, 2.05) is 19.2 Å². The number of rotatable bonds is 7. The molecule has 8 heteroatoms. The fraction of sp³-hybridized carbons (Fsp3) is 0.667. The van der Waals surface area contributed by atoms with Crippen molar-refractivity contribution in [3.63, 3.8) is 0 Å². The predicted octanol–water partition coefficient (Wildman–Crippen LogP) is 2.98. The van der Waals surface area contributed by atoms with Crippen LogP contribution in [0, 0.1) is 0 Å². The van der Waals surface area contributed by atoms with E-state index in [0.717, 1.165) is 62.5 Å². The summed E-state index contributed by atoms with van der Waals surface area (Å²) in [6, 6.07) is 8.32. The molecule has 2 aliphatic heterocycles. The number of piperidine rings is 1. The molecule has 29 heavy (non-hydrogen) atoms. The van der Waals surface area contributed by atoms with Gasteiger partial charge >= 0.3 is 0 Å². The first-order chi connectivity index (χ1) is 13.8. The highest BCUT2D eigenvalue weighted by molar-refractivity contribution is 14.0. The number of nitrogens with zero attached hydrogens (tertiary/aromatic N) is 3. The van der Waals surface area contributed by atoms with Crippen LogP contribution in [0.3, 0.4) is 0 Å². The Labute approximate surface area is 197 Å². The molecule has 3 rings (SSSR count). The lowest BCUT2D eigenvalue weighted by molar-refractivity contribution is 0.0170. The molecular weight excluding hydrogens is 501 g/mol. The molecule has 0 radical (unpaired) electrons. The number of halogens is 2. The van der Waals surface area contributed by atoms with Gasteiger partial charge in [0.1, 0.15) is 0 Å². The molecule has 1 aromatic carbocycles. The van der Waals surface area contributed by atoms with Gasteiger partial charge in [0, 0.05) is 44.8 Å². The fourth-order valence-corrected chi connectivity index (χ4v) is 4.26. The molecule has 0 aromatic heterocycles. The van der Waals surface area contributed by atoms with Crippen LogP contribution in [0.1, 0.15) is 30.9 Å². The van der Waals surface area contributed by atoms with Crippen LogP contribution in [-0.4, -0.2) is 81.8 Å². The normalized spacial score (nSPS) is 20.0. The second kappa shape index (κ2) is 13.6. The summed E-state index contributed by atoms with van der Waals surface area (Å²) in [7, 11) is 1.83. The quantitative estimate of drug-likeness (QED) is 0.319. The second-order valence-corrected chi connectivity index (χ2v) is 7.88. The van der Waals surface area contributed by atoms with E-state index in [0.29, 0.717) is 0 Å². The zero-order chi connectivity index (χ0) is 19.6. The summed E-state index contributed by atoms with van der Waals surface area (Å²) >= 11 is 6.52. The molecule has 164 valence electrons. The van der Waals surface area contributed by atoms with Gasteiger partial charge in [-0.15, -0.1) is 24.0 Å². The summed E-state index contributed by atoms with van der Waals surface area (Å²) in [5, 5.41) is 7.79. The maximum absolute atomic E-state index is 6.52. The molecule has 6 nitrogen and oxygen atoms in total. The Morgan fingerprint density at radius 3 is 2.52 bits per heavy atom. The van der Waals surface area contributed by atoms with Gasteiger partial charge in [0.25, 0.3) is 0 Å². The number of morpholine rings is 1. The van der Waals surface area contributed by atoms with Crippen LogP contribution >= 0.6 is 35.6 Å². The molecule has 0 amide bonds. The summed E-state index contributed by atoms with van der Waals surface area (Å²) in [6.45, 7) is 8.54. The highest BCUT2D eigenvalue weighted by Gasteiger charge is 2.24. The number of hydrogen-bond donors (Lipinski definition) is 2. The van der Waals surface area contributed by atoms with Crippen LogP contribution < -0.4 is 10.6 Å². The lowest BCUT2D eigenvalue weighted by atomic mass is 10.0. The van der Waals surface area contributed by atoms with Gasteiger partial charge in [0.15, 0.2) is 5.96 Å². The minimum absolute atomic E-state index is 0. The first kappa shape index (κ1) is 24.7.